The minimum Gasteiger partial charge on any atom is -0.495 e. The molecule has 6 atom stereocenters. The van der Waals surface area contributed by atoms with Crippen LogP contribution >= 0.6 is 11.6 Å². The van der Waals surface area contributed by atoms with Gasteiger partial charge in [-0.3, -0.25) is 9.69 Å². The maximum atomic E-state index is 13.9. The summed E-state index contributed by atoms with van der Waals surface area (Å²) in [5.74, 6) is 1.13. The van der Waals surface area contributed by atoms with Crippen LogP contribution in [0.3, 0.4) is 0 Å². The zero-order valence-electron chi connectivity index (χ0n) is 26.2. The zero-order chi connectivity index (χ0) is 31.6. The standard InChI is InChI=1S/C34H44ClN3O6S/c1-3-43-33(40)37-45(41)17-6-4-5-9-30(42-2)27-13-10-25(27)20-38-21-34(16-7-8-23-18-26(35)12-14-28(23)34)22-44-31-15-11-24(19-29(31)38)32(39)36-45/h5,9,11-12,14-15,18,25,27,29-30H,3-4,6-8,10,13,16-17,19-22H2,1-2H3,(H,36,37,39,40,41)/b9-5+/t25-,27+,29?,30-,34-,45+/m0/s1. The fraction of sp³-hybridized carbons (Fsp3) is 0.588. The molecule has 0 radical (unpaired) electrons. The lowest BCUT2D eigenvalue weighted by Crippen LogP contribution is -2.51. The number of fused-ring (bicyclic) bond motifs is 4. The highest BCUT2D eigenvalue weighted by atomic mass is 35.5. The van der Waals surface area contributed by atoms with Crippen molar-refractivity contribution >= 4 is 33.5 Å². The van der Waals surface area contributed by atoms with E-state index in [1.54, 1.807) is 20.1 Å². The number of carbonyl (C=O) groups is 2. The molecule has 2 aliphatic heterocycles. The molecule has 1 N–H and O–H groups in total. The highest BCUT2D eigenvalue weighted by Gasteiger charge is 2.47. The Morgan fingerprint density at radius 3 is 2.91 bits per heavy atom. The van der Waals surface area contributed by atoms with Crippen LogP contribution in [0.1, 0.15) is 63.0 Å². The van der Waals surface area contributed by atoms with Gasteiger partial charge in [0.1, 0.15) is 15.7 Å². The first-order valence-corrected chi connectivity index (χ1v) is 18.3. The molecule has 2 amide bonds. The number of allylic oxidation sites excluding steroid dienone is 3. The Bertz CT molecular complexity index is 1530. The first-order valence-electron chi connectivity index (χ1n) is 16.2. The van der Waals surface area contributed by atoms with E-state index in [1.165, 1.54) is 11.1 Å². The average Bonchev–Trinajstić information content (AvgIpc) is 3.14. The largest absolute Gasteiger partial charge is 0.495 e. The first kappa shape index (κ1) is 32.3. The number of halogens is 1. The van der Waals surface area contributed by atoms with E-state index in [1.807, 2.05) is 12.1 Å². The fourth-order valence-electron chi connectivity index (χ4n) is 7.77. The quantitative estimate of drug-likeness (QED) is 0.405. The molecule has 2 fully saturated rings. The van der Waals surface area contributed by atoms with Gasteiger partial charge in [-0.1, -0.05) is 29.8 Å². The van der Waals surface area contributed by atoms with E-state index in [-0.39, 0.29) is 29.9 Å². The molecular formula is C34H44ClN3O6S. The van der Waals surface area contributed by atoms with Gasteiger partial charge in [-0.2, -0.15) is 0 Å². The van der Waals surface area contributed by atoms with Crippen LogP contribution in [0.2, 0.25) is 5.02 Å². The second kappa shape index (κ2) is 13.6. The number of amides is 2. The third kappa shape index (κ3) is 6.89. The summed E-state index contributed by atoms with van der Waals surface area (Å²) in [6, 6.07) is 6.10. The number of rotatable bonds is 3. The molecule has 1 aromatic carbocycles. The van der Waals surface area contributed by atoms with E-state index in [2.05, 4.69) is 38.3 Å². The van der Waals surface area contributed by atoms with E-state index in [0.717, 1.165) is 56.0 Å². The molecule has 1 aromatic rings. The summed E-state index contributed by atoms with van der Waals surface area (Å²) < 4.78 is 38.0. The maximum Gasteiger partial charge on any atom is 0.419 e. The molecule has 9 nitrogen and oxygen atoms in total. The molecule has 1 saturated heterocycles. The molecule has 6 rings (SSSR count). The molecule has 0 aromatic heterocycles. The van der Waals surface area contributed by atoms with E-state index in [4.69, 9.17) is 25.8 Å². The molecule has 45 heavy (non-hydrogen) atoms. The van der Waals surface area contributed by atoms with Crippen molar-refractivity contribution < 1.29 is 28.0 Å². The Morgan fingerprint density at radius 2 is 2.13 bits per heavy atom. The van der Waals surface area contributed by atoms with Gasteiger partial charge in [-0.25, -0.2) is 13.7 Å². The number of ether oxygens (including phenoxy) is 3. The van der Waals surface area contributed by atoms with Gasteiger partial charge in [0.2, 0.25) is 0 Å². The number of methoxy groups -OCH3 is 1. The van der Waals surface area contributed by atoms with E-state index < -0.39 is 21.9 Å². The molecule has 3 aliphatic carbocycles. The lowest BCUT2D eigenvalue weighted by Gasteiger charge is -2.46. The van der Waals surface area contributed by atoms with Crippen molar-refractivity contribution in [3.05, 3.63) is 70.0 Å². The van der Waals surface area contributed by atoms with Gasteiger partial charge in [0.25, 0.3) is 5.91 Å². The van der Waals surface area contributed by atoms with Gasteiger partial charge in [-0.05, 0) is 99.1 Å². The number of aryl methyl sites for hydroxylation is 1. The SMILES string of the molecule is CCOC(=O)N[S@]1(=O)=NC(=O)C2=CC=C3OC[C@]4(CCCc5cc(Cl)ccc54)CN(C[C@@H]4CC[C@H]4[C@@H](OC)/C=C/CCC1)C3C2. The fourth-order valence-corrected chi connectivity index (χ4v) is 9.47. The van der Waals surface area contributed by atoms with Crippen LogP contribution < -0.4 is 4.72 Å². The normalized spacial score (nSPS) is 34.3. The summed E-state index contributed by atoms with van der Waals surface area (Å²) in [7, 11) is -1.64. The summed E-state index contributed by atoms with van der Waals surface area (Å²) in [6.45, 7) is 3.98. The Balaban J connectivity index is 1.38. The van der Waals surface area contributed by atoms with Gasteiger partial charge >= 0.3 is 6.09 Å². The molecule has 1 saturated carbocycles. The summed E-state index contributed by atoms with van der Waals surface area (Å²) in [5.41, 5.74) is 2.84. The van der Waals surface area contributed by atoms with Gasteiger partial charge < -0.3 is 14.2 Å². The number of hydrogen-bond acceptors (Lipinski definition) is 7. The van der Waals surface area contributed by atoms with Gasteiger partial charge in [0.05, 0.1) is 31.1 Å². The van der Waals surface area contributed by atoms with E-state index >= 15 is 0 Å². The summed E-state index contributed by atoms with van der Waals surface area (Å²) in [4.78, 5) is 28.5. The van der Waals surface area contributed by atoms with Crippen molar-refractivity contribution in [2.45, 2.75) is 75.9 Å². The van der Waals surface area contributed by atoms with Crippen LogP contribution in [-0.4, -0.2) is 72.4 Å². The number of nitrogens with one attached hydrogen (secondary N) is 1. The number of nitrogens with zero attached hydrogens (tertiary/aromatic N) is 2. The van der Waals surface area contributed by atoms with Gasteiger partial charge in [-0.15, -0.1) is 4.36 Å². The van der Waals surface area contributed by atoms with Crippen molar-refractivity contribution in [2.24, 2.45) is 16.2 Å². The molecule has 5 aliphatic rings. The van der Waals surface area contributed by atoms with E-state index in [0.29, 0.717) is 43.3 Å². The Morgan fingerprint density at radius 1 is 1.27 bits per heavy atom. The Labute approximate surface area is 271 Å². The predicted octanol–water partition coefficient (Wildman–Crippen LogP) is 5.88. The predicted molar refractivity (Wildman–Crippen MR) is 174 cm³/mol. The van der Waals surface area contributed by atoms with Gasteiger partial charge in [0.15, 0.2) is 0 Å². The van der Waals surface area contributed by atoms with Gasteiger partial charge in [0, 0.05) is 42.6 Å². The van der Waals surface area contributed by atoms with Crippen LogP contribution in [0, 0.1) is 11.8 Å². The van der Waals surface area contributed by atoms with E-state index in [9.17, 15) is 13.8 Å². The van der Waals surface area contributed by atoms with Crippen LogP contribution in [0.5, 0.6) is 0 Å². The molecule has 244 valence electrons. The minimum atomic E-state index is -3.41. The molecule has 2 bridgehead atoms. The lowest BCUT2D eigenvalue weighted by atomic mass is 9.68. The highest BCUT2D eigenvalue weighted by Crippen LogP contribution is 2.46. The maximum absolute atomic E-state index is 13.9. The summed E-state index contributed by atoms with van der Waals surface area (Å²) in [5, 5.41) is 0.753. The summed E-state index contributed by atoms with van der Waals surface area (Å²) >= 11 is 6.43. The van der Waals surface area contributed by atoms with Crippen molar-refractivity contribution in [3.8, 4) is 0 Å². The average molecular weight is 658 g/mol. The number of hydrogen-bond donors (Lipinski definition) is 1. The van der Waals surface area contributed by atoms with Crippen molar-refractivity contribution in [2.75, 3.05) is 39.2 Å². The second-order valence-corrected chi connectivity index (χ2v) is 15.5. The van der Waals surface area contributed by atoms with Crippen molar-refractivity contribution in [3.63, 3.8) is 0 Å². The zero-order valence-corrected chi connectivity index (χ0v) is 27.7. The smallest absolute Gasteiger partial charge is 0.419 e. The number of benzene rings is 1. The van der Waals surface area contributed by atoms with Crippen LogP contribution in [-0.2, 0) is 40.8 Å². The highest BCUT2D eigenvalue weighted by molar-refractivity contribution is 7.92. The van der Waals surface area contributed by atoms with Crippen molar-refractivity contribution in [1.29, 1.82) is 0 Å². The number of carbonyl (C=O) groups excluding carboxylic acids is 2. The van der Waals surface area contributed by atoms with Crippen LogP contribution in [0.15, 0.2) is 58.2 Å². The molecular weight excluding hydrogens is 614 g/mol. The second-order valence-electron chi connectivity index (χ2n) is 13.0. The Hall–Kier alpha value is -2.66. The monoisotopic (exact) mass is 657 g/mol. The lowest BCUT2D eigenvalue weighted by molar-refractivity contribution is -0.114. The molecule has 2 heterocycles. The molecule has 1 unspecified atom stereocenters. The third-order valence-electron chi connectivity index (χ3n) is 10.2. The molecule has 11 heteroatoms. The topological polar surface area (TPSA) is 107 Å². The third-order valence-corrected chi connectivity index (χ3v) is 12.2. The first-order chi connectivity index (χ1) is 21.7. The Kier molecular flexibility index (Phi) is 9.76. The van der Waals surface area contributed by atoms with Crippen LogP contribution in [0.25, 0.3) is 0 Å². The molecule has 1 spiro atoms. The summed E-state index contributed by atoms with van der Waals surface area (Å²) in [6.07, 6.45) is 13.7. The minimum absolute atomic E-state index is 0.0171. The van der Waals surface area contributed by atoms with Crippen molar-refractivity contribution in [1.82, 2.24) is 9.62 Å². The van der Waals surface area contributed by atoms with Crippen LogP contribution in [0.4, 0.5) is 4.79 Å².